The number of sulfone groups is 2. The molecule has 0 amide bonds. The van der Waals surface area contributed by atoms with E-state index in [1.54, 1.807) is 42.5 Å². The van der Waals surface area contributed by atoms with E-state index in [1.165, 1.54) is 24.3 Å². The Morgan fingerprint density at radius 2 is 1.16 bits per heavy atom. The van der Waals surface area contributed by atoms with Gasteiger partial charge in [0.15, 0.2) is 23.8 Å². The lowest BCUT2D eigenvalue weighted by atomic mass is 9.87. The van der Waals surface area contributed by atoms with Crippen LogP contribution in [0.2, 0.25) is 0 Å². The Hall–Kier alpha value is -2.70. The number of hydrogen-bond donors (Lipinski definition) is 0. The van der Waals surface area contributed by atoms with Crippen molar-refractivity contribution in [2.75, 3.05) is 0 Å². The molecule has 6 rings (SSSR count). The molecule has 31 heavy (non-hydrogen) atoms. The van der Waals surface area contributed by atoms with Gasteiger partial charge in [0.1, 0.15) is 0 Å². The van der Waals surface area contributed by atoms with E-state index in [0.29, 0.717) is 6.42 Å². The average Bonchev–Trinajstić information content (AvgIpc) is 3.07. The fourth-order valence-electron chi connectivity index (χ4n) is 5.06. The van der Waals surface area contributed by atoms with Gasteiger partial charge in [-0.05, 0) is 54.2 Å². The second-order valence-electron chi connectivity index (χ2n) is 8.17. The Morgan fingerprint density at radius 1 is 0.645 bits per heavy atom. The highest BCUT2D eigenvalue weighted by atomic mass is 32.3. The Labute approximate surface area is 183 Å². The predicted molar refractivity (Wildman–Crippen MR) is 120 cm³/mol. The number of rotatable bonds is 4. The molecule has 3 aliphatic carbocycles. The van der Waals surface area contributed by atoms with E-state index in [-0.39, 0.29) is 22.1 Å². The topological polar surface area (TPSA) is 68.3 Å². The third kappa shape index (κ3) is 2.85. The molecule has 0 spiro atoms. The minimum Gasteiger partial charge on any atom is -0.222 e. The summed E-state index contributed by atoms with van der Waals surface area (Å²) in [6, 6.07) is 23.6. The highest BCUT2D eigenvalue weighted by Crippen LogP contribution is 2.55. The van der Waals surface area contributed by atoms with Crippen LogP contribution in [0, 0.1) is 5.92 Å². The van der Waals surface area contributed by atoms with Crippen molar-refractivity contribution < 1.29 is 16.8 Å². The minimum atomic E-state index is -4.27. The van der Waals surface area contributed by atoms with E-state index in [9.17, 15) is 16.8 Å². The van der Waals surface area contributed by atoms with Gasteiger partial charge in [-0.25, -0.2) is 16.8 Å². The zero-order valence-corrected chi connectivity index (χ0v) is 18.4. The van der Waals surface area contributed by atoms with E-state index in [4.69, 9.17) is 0 Å². The van der Waals surface area contributed by atoms with Crippen LogP contribution in [0.3, 0.4) is 0 Å². The van der Waals surface area contributed by atoms with Gasteiger partial charge in [0.05, 0.1) is 9.79 Å². The van der Waals surface area contributed by atoms with Crippen LogP contribution < -0.4 is 0 Å². The molecule has 2 bridgehead atoms. The Bertz CT molecular complexity index is 1290. The zero-order valence-electron chi connectivity index (χ0n) is 16.8. The van der Waals surface area contributed by atoms with Crippen molar-refractivity contribution in [2.45, 2.75) is 32.6 Å². The molecule has 2 atom stereocenters. The Kier molecular flexibility index (Phi) is 4.68. The molecule has 0 heterocycles. The van der Waals surface area contributed by atoms with Crippen LogP contribution >= 0.6 is 0 Å². The van der Waals surface area contributed by atoms with Gasteiger partial charge in [-0.2, -0.15) is 0 Å². The maximum absolute atomic E-state index is 14.3. The average molecular weight is 451 g/mol. The van der Waals surface area contributed by atoms with E-state index < -0.39 is 29.7 Å². The summed E-state index contributed by atoms with van der Waals surface area (Å²) in [4.78, 5) is 0.0703. The molecule has 0 radical (unpaired) electrons. The van der Waals surface area contributed by atoms with Crippen LogP contribution in [-0.4, -0.2) is 20.9 Å². The predicted octanol–water partition coefficient (Wildman–Crippen LogP) is 4.55. The van der Waals surface area contributed by atoms with Gasteiger partial charge >= 0.3 is 0 Å². The van der Waals surface area contributed by atoms with Gasteiger partial charge in [-0.1, -0.05) is 72.8 Å². The second kappa shape index (κ2) is 7.18. The first kappa shape index (κ1) is 20.2. The Balaban J connectivity index is 1.88. The maximum Gasteiger partial charge on any atom is 0.199 e. The molecule has 0 N–H and O–H groups in total. The van der Waals surface area contributed by atoms with E-state index in [0.717, 1.165) is 11.1 Å². The van der Waals surface area contributed by atoms with Crippen LogP contribution in [0.15, 0.2) is 107 Å². The standard InChI is InChI=1S/C25H22O4S2/c26-30(27,21-10-3-1-4-11-21)25(31(28,29)22-12-5-2-6-13-22)18-19-15-16-24(25)23-14-8-7-9-20(23)17-19/h1-16,19,24H,17-18H2. The first-order valence-electron chi connectivity index (χ1n) is 10.2. The van der Waals surface area contributed by atoms with Crippen molar-refractivity contribution in [3.05, 3.63) is 108 Å². The molecule has 3 aromatic rings. The molecule has 0 saturated heterocycles. The fourth-order valence-corrected chi connectivity index (χ4v) is 10.6. The van der Waals surface area contributed by atoms with Crippen LogP contribution in [-0.2, 0) is 26.1 Å². The highest BCUT2D eigenvalue weighted by molar-refractivity contribution is 8.10. The molecular weight excluding hydrogens is 428 g/mol. The van der Waals surface area contributed by atoms with E-state index in [1.807, 2.05) is 30.3 Å². The lowest BCUT2D eigenvalue weighted by Crippen LogP contribution is -2.52. The molecule has 4 nitrogen and oxygen atoms in total. The molecule has 6 heteroatoms. The summed E-state index contributed by atoms with van der Waals surface area (Å²) in [6.45, 7) is 0. The lowest BCUT2D eigenvalue weighted by Gasteiger charge is -2.41. The maximum atomic E-state index is 14.3. The van der Waals surface area contributed by atoms with Gasteiger partial charge in [0.25, 0.3) is 0 Å². The van der Waals surface area contributed by atoms with Crippen molar-refractivity contribution in [2.24, 2.45) is 5.92 Å². The van der Waals surface area contributed by atoms with Crippen molar-refractivity contribution in [1.29, 1.82) is 0 Å². The summed E-state index contributed by atoms with van der Waals surface area (Å²) in [6.07, 6.45) is 4.45. The molecule has 0 aromatic heterocycles. The molecule has 0 saturated carbocycles. The van der Waals surface area contributed by atoms with Crippen LogP contribution in [0.4, 0.5) is 0 Å². The highest BCUT2D eigenvalue weighted by Gasteiger charge is 2.63. The quantitative estimate of drug-likeness (QED) is 0.547. The second-order valence-corrected chi connectivity index (χ2v) is 12.8. The van der Waals surface area contributed by atoms with Crippen molar-refractivity contribution in [3.63, 3.8) is 0 Å². The first-order chi connectivity index (χ1) is 14.9. The SMILES string of the molecule is O=S(=O)(c1ccccc1)C1(S(=O)(=O)c2ccccc2)CC2C=CC1c1ccccc1C2. The van der Waals surface area contributed by atoms with Crippen LogP contribution in [0.1, 0.15) is 23.5 Å². The molecule has 2 unspecified atom stereocenters. The van der Waals surface area contributed by atoms with Gasteiger partial charge in [-0.15, -0.1) is 0 Å². The van der Waals surface area contributed by atoms with E-state index >= 15 is 0 Å². The smallest absolute Gasteiger partial charge is 0.199 e. The summed E-state index contributed by atoms with van der Waals surface area (Å²) in [5.41, 5.74) is 1.79. The van der Waals surface area contributed by atoms with Crippen LogP contribution in [0.25, 0.3) is 0 Å². The number of benzene rings is 3. The van der Waals surface area contributed by atoms with Crippen LogP contribution in [0.5, 0.6) is 0 Å². The number of fused-ring (bicyclic) bond motifs is 1. The monoisotopic (exact) mass is 450 g/mol. The Morgan fingerprint density at radius 3 is 1.74 bits per heavy atom. The zero-order chi connectivity index (χ0) is 21.7. The van der Waals surface area contributed by atoms with Gasteiger partial charge < -0.3 is 0 Å². The largest absolute Gasteiger partial charge is 0.222 e. The van der Waals surface area contributed by atoms with Gasteiger partial charge in [0, 0.05) is 5.92 Å². The number of allylic oxidation sites excluding steroid dienone is 2. The minimum absolute atomic E-state index is 0.0251. The molecular formula is C25H22O4S2. The summed E-state index contributed by atoms with van der Waals surface area (Å²) < 4.78 is 55.1. The first-order valence-corrected chi connectivity index (χ1v) is 13.2. The summed E-state index contributed by atoms with van der Waals surface area (Å²) in [5.74, 6) is -0.977. The van der Waals surface area contributed by atoms with Crippen molar-refractivity contribution in [1.82, 2.24) is 0 Å². The molecule has 158 valence electrons. The summed E-state index contributed by atoms with van der Waals surface area (Å²) >= 11 is 0. The van der Waals surface area contributed by atoms with Gasteiger partial charge in [0.2, 0.25) is 0 Å². The number of hydrogen-bond acceptors (Lipinski definition) is 4. The molecule has 3 aromatic carbocycles. The fraction of sp³-hybridized carbons (Fsp3) is 0.200. The third-order valence-corrected chi connectivity index (χ3v) is 12.2. The van der Waals surface area contributed by atoms with Crippen molar-refractivity contribution in [3.8, 4) is 0 Å². The molecule has 3 aliphatic rings. The summed E-state index contributed by atoms with van der Waals surface area (Å²) in [5, 5.41) is 0. The summed E-state index contributed by atoms with van der Waals surface area (Å²) in [7, 11) is -8.53. The lowest BCUT2D eigenvalue weighted by molar-refractivity contribution is 0.454. The van der Waals surface area contributed by atoms with E-state index in [2.05, 4.69) is 0 Å². The third-order valence-electron chi connectivity index (χ3n) is 6.49. The van der Waals surface area contributed by atoms with Gasteiger partial charge in [-0.3, -0.25) is 0 Å². The molecule has 0 fully saturated rings. The van der Waals surface area contributed by atoms with Crippen molar-refractivity contribution >= 4 is 19.7 Å². The molecule has 0 aliphatic heterocycles. The normalized spacial score (nSPS) is 21.9.